The third-order valence-corrected chi connectivity index (χ3v) is 3.49. The van der Waals surface area contributed by atoms with Gasteiger partial charge in [0.05, 0.1) is 5.69 Å². The number of nitrogens with one attached hydrogen (secondary N) is 1. The van der Waals surface area contributed by atoms with Gasteiger partial charge in [-0.15, -0.1) is 0 Å². The van der Waals surface area contributed by atoms with E-state index in [-0.39, 0.29) is 17.3 Å². The first kappa shape index (κ1) is 13.6. The zero-order chi connectivity index (χ0) is 15.0. The van der Waals surface area contributed by atoms with Gasteiger partial charge in [0.25, 0.3) is 5.91 Å². The normalized spacial score (nSPS) is 10.8. The van der Waals surface area contributed by atoms with Gasteiger partial charge in [-0.2, -0.15) is 0 Å². The van der Waals surface area contributed by atoms with Crippen LogP contribution in [0.2, 0.25) is 0 Å². The molecule has 106 valence electrons. The standard InChI is InChI=1S/C15H10BrFN2O2/c16-8-1-6-12-11(7-8)13(18)14(21-12)15(20)19-10-4-2-9(17)3-5-10/h1-7H,18H2,(H,19,20). The van der Waals surface area contributed by atoms with Crippen LogP contribution >= 0.6 is 15.9 Å². The summed E-state index contributed by atoms with van der Waals surface area (Å²) in [5.41, 5.74) is 7.21. The molecule has 0 unspecified atom stereocenters. The Morgan fingerprint density at radius 1 is 1.19 bits per heavy atom. The van der Waals surface area contributed by atoms with Crippen LogP contribution in [0.15, 0.2) is 51.4 Å². The van der Waals surface area contributed by atoms with Gasteiger partial charge in [-0.25, -0.2) is 4.39 Å². The van der Waals surface area contributed by atoms with Crippen molar-refractivity contribution in [3.63, 3.8) is 0 Å². The maximum absolute atomic E-state index is 12.8. The van der Waals surface area contributed by atoms with Crippen molar-refractivity contribution in [1.29, 1.82) is 0 Å². The Morgan fingerprint density at radius 3 is 2.62 bits per heavy atom. The summed E-state index contributed by atoms with van der Waals surface area (Å²) in [6, 6.07) is 10.7. The second-order valence-corrected chi connectivity index (χ2v) is 5.36. The SMILES string of the molecule is Nc1c(C(=O)Nc2ccc(F)cc2)oc2ccc(Br)cc12. The highest BCUT2D eigenvalue weighted by molar-refractivity contribution is 9.10. The van der Waals surface area contributed by atoms with Gasteiger partial charge < -0.3 is 15.5 Å². The van der Waals surface area contributed by atoms with Crippen molar-refractivity contribution in [2.75, 3.05) is 11.1 Å². The fraction of sp³-hybridized carbons (Fsp3) is 0. The number of nitrogen functional groups attached to an aromatic ring is 1. The molecule has 0 saturated heterocycles. The Balaban J connectivity index is 1.94. The van der Waals surface area contributed by atoms with Crippen molar-refractivity contribution in [3.05, 3.63) is 58.5 Å². The van der Waals surface area contributed by atoms with Crippen molar-refractivity contribution in [1.82, 2.24) is 0 Å². The molecule has 0 fully saturated rings. The number of hydrogen-bond acceptors (Lipinski definition) is 3. The Hall–Kier alpha value is -2.34. The predicted octanol–water partition coefficient (Wildman–Crippen LogP) is 4.17. The smallest absolute Gasteiger partial charge is 0.293 e. The van der Waals surface area contributed by atoms with Crippen LogP contribution in [0.5, 0.6) is 0 Å². The average molecular weight is 349 g/mol. The molecule has 1 amide bonds. The van der Waals surface area contributed by atoms with Crippen molar-refractivity contribution in [2.24, 2.45) is 0 Å². The van der Waals surface area contributed by atoms with E-state index in [1.165, 1.54) is 24.3 Å². The second-order valence-electron chi connectivity index (χ2n) is 4.45. The molecular formula is C15H10BrFN2O2. The number of rotatable bonds is 2. The monoisotopic (exact) mass is 348 g/mol. The minimum atomic E-state index is -0.480. The molecule has 3 aromatic rings. The molecule has 0 aliphatic heterocycles. The van der Waals surface area contributed by atoms with E-state index in [4.69, 9.17) is 10.2 Å². The summed E-state index contributed by atoms with van der Waals surface area (Å²) in [5.74, 6) is -0.819. The van der Waals surface area contributed by atoms with Crippen LogP contribution in [0.1, 0.15) is 10.6 Å². The van der Waals surface area contributed by atoms with Crippen molar-refractivity contribution >= 4 is 44.2 Å². The predicted molar refractivity (Wildman–Crippen MR) is 82.7 cm³/mol. The highest BCUT2D eigenvalue weighted by Crippen LogP contribution is 2.31. The topological polar surface area (TPSA) is 68.3 Å². The largest absolute Gasteiger partial charge is 0.449 e. The first-order chi connectivity index (χ1) is 10.0. The fourth-order valence-electron chi connectivity index (χ4n) is 1.98. The molecule has 0 radical (unpaired) electrons. The number of furan rings is 1. The van der Waals surface area contributed by atoms with Gasteiger partial charge >= 0.3 is 0 Å². The number of nitrogens with two attached hydrogens (primary N) is 1. The molecule has 0 saturated carbocycles. The molecule has 0 aliphatic rings. The number of carbonyl (C=O) groups is 1. The van der Waals surface area contributed by atoms with E-state index in [1.54, 1.807) is 18.2 Å². The maximum Gasteiger partial charge on any atom is 0.293 e. The summed E-state index contributed by atoms with van der Waals surface area (Å²) >= 11 is 3.34. The molecule has 0 atom stereocenters. The summed E-state index contributed by atoms with van der Waals surface area (Å²) in [7, 11) is 0. The number of benzene rings is 2. The molecule has 0 bridgehead atoms. The molecule has 4 nitrogen and oxygen atoms in total. The summed E-state index contributed by atoms with van der Waals surface area (Å²) < 4.78 is 19.2. The zero-order valence-corrected chi connectivity index (χ0v) is 12.3. The maximum atomic E-state index is 12.8. The average Bonchev–Trinajstić information content (AvgIpc) is 2.79. The zero-order valence-electron chi connectivity index (χ0n) is 10.7. The first-order valence-electron chi connectivity index (χ1n) is 6.09. The third-order valence-electron chi connectivity index (χ3n) is 3.00. The van der Waals surface area contributed by atoms with Crippen LogP contribution < -0.4 is 11.1 Å². The summed E-state index contributed by atoms with van der Waals surface area (Å²) in [6.07, 6.45) is 0. The third kappa shape index (κ3) is 2.62. The number of amides is 1. The quantitative estimate of drug-likeness (QED) is 0.730. The lowest BCUT2D eigenvalue weighted by atomic mass is 10.2. The molecule has 1 aromatic heterocycles. The van der Waals surface area contributed by atoms with Crippen LogP contribution in [0.25, 0.3) is 11.0 Å². The molecule has 0 aliphatic carbocycles. The molecule has 0 spiro atoms. The second kappa shape index (κ2) is 5.21. The Morgan fingerprint density at radius 2 is 1.90 bits per heavy atom. The van der Waals surface area contributed by atoms with Crippen LogP contribution in [0.3, 0.4) is 0 Å². The highest BCUT2D eigenvalue weighted by Gasteiger charge is 2.18. The summed E-state index contributed by atoms with van der Waals surface area (Å²) in [5, 5.41) is 3.27. The highest BCUT2D eigenvalue weighted by atomic mass is 79.9. The molecule has 6 heteroatoms. The fourth-order valence-corrected chi connectivity index (χ4v) is 2.34. The van der Waals surface area contributed by atoms with Crippen molar-refractivity contribution < 1.29 is 13.6 Å². The van der Waals surface area contributed by atoms with Crippen LogP contribution in [-0.2, 0) is 0 Å². The molecular weight excluding hydrogens is 339 g/mol. The number of anilines is 2. The Kier molecular flexibility index (Phi) is 3.39. The van der Waals surface area contributed by atoms with Crippen LogP contribution in [0.4, 0.5) is 15.8 Å². The lowest BCUT2D eigenvalue weighted by Gasteiger charge is -2.03. The van der Waals surface area contributed by atoms with Gasteiger partial charge in [-0.05, 0) is 42.5 Å². The Bertz CT molecular complexity index is 828. The van der Waals surface area contributed by atoms with E-state index < -0.39 is 5.91 Å². The molecule has 3 N–H and O–H groups in total. The molecule has 21 heavy (non-hydrogen) atoms. The number of carbonyl (C=O) groups excluding carboxylic acids is 1. The van der Waals surface area contributed by atoms with E-state index >= 15 is 0 Å². The van der Waals surface area contributed by atoms with Crippen LogP contribution in [0, 0.1) is 5.82 Å². The van der Waals surface area contributed by atoms with E-state index in [1.807, 2.05) is 0 Å². The van der Waals surface area contributed by atoms with Gasteiger partial charge in [0.2, 0.25) is 5.76 Å². The summed E-state index contributed by atoms with van der Waals surface area (Å²) in [4.78, 5) is 12.2. The molecule has 3 rings (SSSR count). The van der Waals surface area contributed by atoms with E-state index in [0.717, 1.165) is 4.47 Å². The van der Waals surface area contributed by atoms with Gasteiger partial charge in [-0.1, -0.05) is 15.9 Å². The van der Waals surface area contributed by atoms with Crippen molar-refractivity contribution in [3.8, 4) is 0 Å². The lowest BCUT2D eigenvalue weighted by Crippen LogP contribution is -2.12. The number of fused-ring (bicyclic) bond motifs is 1. The van der Waals surface area contributed by atoms with Crippen molar-refractivity contribution in [2.45, 2.75) is 0 Å². The van der Waals surface area contributed by atoms with E-state index in [0.29, 0.717) is 16.7 Å². The van der Waals surface area contributed by atoms with E-state index in [9.17, 15) is 9.18 Å². The molecule has 2 aromatic carbocycles. The molecule has 1 heterocycles. The van der Waals surface area contributed by atoms with Gasteiger partial charge in [0.1, 0.15) is 11.4 Å². The van der Waals surface area contributed by atoms with Gasteiger partial charge in [-0.3, -0.25) is 4.79 Å². The minimum Gasteiger partial charge on any atom is -0.449 e. The van der Waals surface area contributed by atoms with E-state index in [2.05, 4.69) is 21.2 Å². The first-order valence-corrected chi connectivity index (χ1v) is 6.88. The lowest BCUT2D eigenvalue weighted by molar-refractivity contribution is 0.1000. The number of halogens is 2. The Labute approximate surface area is 127 Å². The van der Waals surface area contributed by atoms with Crippen LogP contribution in [-0.4, -0.2) is 5.91 Å². The number of hydrogen-bond donors (Lipinski definition) is 2. The summed E-state index contributed by atoms with van der Waals surface area (Å²) in [6.45, 7) is 0. The van der Waals surface area contributed by atoms with Gasteiger partial charge in [0, 0.05) is 15.5 Å². The minimum absolute atomic E-state index is 0.0347. The van der Waals surface area contributed by atoms with Gasteiger partial charge in [0.15, 0.2) is 0 Å².